The number of aldehydes is 1. The molecule has 4 aliphatic rings. The zero-order chi connectivity index (χ0) is 34.4. The Bertz CT molecular complexity index is 1690. The van der Waals surface area contributed by atoms with Crippen LogP contribution < -0.4 is 21.7 Å². The number of imide groups is 2. The summed E-state index contributed by atoms with van der Waals surface area (Å²) in [5.41, 5.74) is 9.53. The van der Waals surface area contributed by atoms with E-state index in [0.717, 1.165) is 11.1 Å². The van der Waals surface area contributed by atoms with Gasteiger partial charge in [-0.2, -0.15) is 0 Å². The van der Waals surface area contributed by atoms with Crippen LogP contribution in [-0.4, -0.2) is 92.3 Å². The van der Waals surface area contributed by atoms with Gasteiger partial charge in [0.05, 0.1) is 0 Å². The van der Waals surface area contributed by atoms with Gasteiger partial charge in [0.25, 0.3) is 11.8 Å². The maximum Gasteiger partial charge on any atom is 0.368 e. The molecule has 47 heavy (non-hydrogen) atoms. The number of piperidine rings is 2. The van der Waals surface area contributed by atoms with Crippen molar-refractivity contribution in [3.05, 3.63) is 58.7 Å². The highest BCUT2D eigenvalue weighted by Crippen LogP contribution is 2.30. The maximum atomic E-state index is 12.4. The van der Waals surface area contributed by atoms with Crippen molar-refractivity contribution in [3.8, 4) is 0 Å². The minimum absolute atomic E-state index is 0.167. The molecular formula is C30H30N6O11. The van der Waals surface area contributed by atoms with E-state index in [2.05, 4.69) is 16.0 Å². The van der Waals surface area contributed by atoms with Crippen molar-refractivity contribution in [1.82, 2.24) is 20.4 Å². The number of carboxylic acid groups (broad SMARTS) is 2. The lowest BCUT2D eigenvalue weighted by Crippen LogP contribution is -2.52. The van der Waals surface area contributed by atoms with Crippen LogP contribution in [0, 0.1) is 0 Å². The number of anilines is 2. The highest BCUT2D eigenvalue weighted by atomic mass is 16.4. The van der Waals surface area contributed by atoms with Gasteiger partial charge in [-0.1, -0.05) is 0 Å². The Kier molecular flexibility index (Phi) is 10.3. The van der Waals surface area contributed by atoms with Crippen LogP contribution >= 0.6 is 0 Å². The number of fused-ring (bicyclic) bond motifs is 2. The van der Waals surface area contributed by atoms with Gasteiger partial charge in [0.15, 0.2) is 0 Å². The Morgan fingerprint density at radius 1 is 0.809 bits per heavy atom. The lowest BCUT2D eigenvalue weighted by Gasteiger charge is -2.29. The number of nitrogen functional groups attached to an aromatic ring is 1. The van der Waals surface area contributed by atoms with Gasteiger partial charge in [-0.3, -0.25) is 49.0 Å². The first-order chi connectivity index (χ1) is 22.3. The van der Waals surface area contributed by atoms with Crippen LogP contribution in [0.5, 0.6) is 0 Å². The molecule has 2 atom stereocenters. The van der Waals surface area contributed by atoms with Gasteiger partial charge in [0.1, 0.15) is 18.6 Å². The molecule has 2 aromatic carbocycles. The number of rotatable bonds is 6. The van der Waals surface area contributed by atoms with Crippen LogP contribution in [0.4, 0.5) is 11.4 Å². The van der Waals surface area contributed by atoms with E-state index in [4.69, 9.17) is 25.5 Å². The van der Waals surface area contributed by atoms with Crippen LogP contribution in [0.1, 0.15) is 57.5 Å². The fourth-order valence-corrected chi connectivity index (χ4v) is 5.46. The van der Waals surface area contributed by atoms with E-state index in [1.165, 1.54) is 9.80 Å². The lowest BCUT2D eigenvalue weighted by atomic mass is 10.0. The maximum absolute atomic E-state index is 12.4. The molecule has 17 heteroatoms. The summed E-state index contributed by atoms with van der Waals surface area (Å²) in [5, 5.41) is 23.3. The summed E-state index contributed by atoms with van der Waals surface area (Å²) in [4.78, 5) is 102. The standard InChI is InChI=1S/C15H15N3O5.C13H13N3O3.C2H2O3/c19-12-4-3-11(14(22)17-12)18-7-8-5-9(16-6-13(20)21)1-2-10(8)15(18)23;14-8-1-2-9-7(5-8)6-16(13(9)19)10-3-4-11(17)15-12(10)18;3-1-2(4)5/h1-2,5,11,16H,3-4,6-7H2,(H,20,21)(H,17,19,22);1-2,5,10H,3-4,6,14H2,(H,15,17,18);1H,(H,4,5). The molecule has 7 N–H and O–H groups in total. The number of carbonyl (C=O) groups is 9. The van der Waals surface area contributed by atoms with Crippen LogP contribution in [0.3, 0.4) is 0 Å². The monoisotopic (exact) mass is 650 g/mol. The van der Waals surface area contributed by atoms with Crippen molar-refractivity contribution in [3.63, 3.8) is 0 Å². The number of nitrogens with two attached hydrogens (primary N) is 1. The predicted octanol–water partition coefficient (Wildman–Crippen LogP) is -0.756. The largest absolute Gasteiger partial charge is 0.480 e. The average molecular weight is 651 g/mol. The molecular weight excluding hydrogens is 620 g/mol. The second-order valence-corrected chi connectivity index (χ2v) is 10.8. The lowest BCUT2D eigenvalue weighted by molar-refractivity contribution is -0.143. The highest BCUT2D eigenvalue weighted by Gasteiger charge is 2.40. The van der Waals surface area contributed by atoms with E-state index in [1.807, 2.05) is 0 Å². The van der Waals surface area contributed by atoms with Crippen LogP contribution in [-0.2, 0) is 46.7 Å². The highest BCUT2D eigenvalue weighted by molar-refractivity contribution is 6.19. The zero-order valence-corrected chi connectivity index (χ0v) is 24.7. The Balaban J connectivity index is 0.000000189. The van der Waals surface area contributed by atoms with Crippen LogP contribution in [0.2, 0.25) is 0 Å². The molecule has 0 saturated carbocycles. The number of carboxylic acids is 2. The number of nitrogens with zero attached hydrogens (tertiary/aromatic N) is 2. The summed E-state index contributed by atoms with van der Waals surface area (Å²) in [7, 11) is 0. The molecule has 2 fully saturated rings. The molecule has 4 aliphatic heterocycles. The third kappa shape index (κ3) is 7.94. The quantitative estimate of drug-likeness (QED) is 0.0973. The number of hydrogen-bond donors (Lipinski definition) is 6. The summed E-state index contributed by atoms with van der Waals surface area (Å²) >= 11 is 0. The first-order valence-corrected chi connectivity index (χ1v) is 14.2. The van der Waals surface area contributed by atoms with Crippen molar-refractivity contribution in [2.45, 2.75) is 50.9 Å². The van der Waals surface area contributed by atoms with E-state index in [1.54, 1.807) is 36.4 Å². The number of carbonyl (C=O) groups excluding carboxylic acids is 7. The SMILES string of the molecule is Nc1ccc2c(c1)CN(C1CCC(=O)NC1=O)C2=O.O=C(O)CNc1ccc2c(c1)CN(C1CCC(=O)NC1=O)C2=O.O=CC(=O)O. The molecule has 17 nitrogen and oxygen atoms in total. The van der Waals surface area contributed by atoms with Crippen molar-refractivity contribution in [1.29, 1.82) is 0 Å². The van der Waals surface area contributed by atoms with Crippen LogP contribution in [0.15, 0.2) is 36.4 Å². The van der Waals surface area contributed by atoms with Crippen molar-refractivity contribution >= 4 is 65.0 Å². The number of benzene rings is 2. The van der Waals surface area contributed by atoms with Crippen LogP contribution in [0.25, 0.3) is 0 Å². The van der Waals surface area contributed by atoms with E-state index >= 15 is 0 Å². The summed E-state index contributed by atoms with van der Waals surface area (Å²) in [5.74, 6) is -4.29. The molecule has 2 aromatic rings. The Morgan fingerprint density at radius 2 is 1.28 bits per heavy atom. The van der Waals surface area contributed by atoms with Gasteiger partial charge >= 0.3 is 11.9 Å². The summed E-state index contributed by atoms with van der Waals surface area (Å²) in [6, 6.07) is 8.84. The molecule has 0 radical (unpaired) electrons. The number of nitrogens with one attached hydrogen (secondary N) is 3. The Hall–Kier alpha value is -6.13. The van der Waals surface area contributed by atoms with Gasteiger partial charge in [-0.15, -0.1) is 0 Å². The average Bonchev–Trinajstić information content (AvgIpc) is 3.51. The predicted molar refractivity (Wildman–Crippen MR) is 159 cm³/mol. The molecule has 246 valence electrons. The second-order valence-electron chi connectivity index (χ2n) is 10.8. The fraction of sp³-hybridized carbons (Fsp3) is 0.300. The number of aliphatic carboxylic acids is 2. The molecule has 4 heterocycles. The van der Waals surface area contributed by atoms with E-state index in [0.29, 0.717) is 41.9 Å². The topological polar surface area (TPSA) is 263 Å². The summed E-state index contributed by atoms with van der Waals surface area (Å²) in [6.45, 7) is 0.415. The first-order valence-electron chi connectivity index (χ1n) is 14.2. The number of amides is 6. The van der Waals surface area contributed by atoms with Crippen molar-refractivity contribution in [2.24, 2.45) is 0 Å². The van der Waals surface area contributed by atoms with Gasteiger partial charge < -0.3 is 31.1 Å². The van der Waals surface area contributed by atoms with Gasteiger partial charge in [-0.25, -0.2) is 4.79 Å². The molecule has 0 spiro atoms. The van der Waals surface area contributed by atoms with E-state index in [-0.39, 0.29) is 55.8 Å². The minimum Gasteiger partial charge on any atom is -0.480 e. The minimum atomic E-state index is -1.43. The van der Waals surface area contributed by atoms with Gasteiger partial charge in [0, 0.05) is 48.4 Å². The van der Waals surface area contributed by atoms with Gasteiger partial charge in [0.2, 0.25) is 29.9 Å². The summed E-state index contributed by atoms with van der Waals surface area (Å²) in [6.07, 6.45) is 0.995. The molecule has 6 rings (SSSR count). The molecule has 0 aliphatic carbocycles. The molecule has 6 amide bonds. The van der Waals surface area contributed by atoms with E-state index < -0.39 is 35.8 Å². The smallest absolute Gasteiger partial charge is 0.368 e. The Labute approximate surface area is 266 Å². The fourth-order valence-electron chi connectivity index (χ4n) is 5.46. The normalized spacial score (nSPS) is 19.7. The zero-order valence-electron chi connectivity index (χ0n) is 24.7. The third-order valence-electron chi connectivity index (χ3n) is 7.62. The molecule has 0 aromatic heterocycles. The summed E-state index contributed by atoms with van der Waals surface area (Å²) < 4.78 is 0. The molecule has 2 unspecified atom stereocenters. The van der Waals surface area contributed by atoms with Crippen molar-refractivity contribution < 1.29 is 53.4 Å². The van der Waals surface area contributed by atoms with E-state index in [9.17, 15) is 33.6 Å². The number of hydrogen-bond acceptors (Lipinski definition) is 11. The Morgan fingerprint density at radius 3 is 1.72 bits per heavy atom. The molecule has 0 bridgehead atoms. The second kappa shape index (κ2) is 14.3. The molecule has 2 saturated heterocycles. The van der Waals surface area contributed by atoms with Crippen molar-refractivity contribution in [2.75, 3.05) is 17.6 Å². The first kappa shape index (κ1) is 33.8. The third-order valence-corrected chi connectivity index (χ3v) is 7.62. The van der Waals surface area contributed by atoms with Gasteiger partial charge in [-0.05, 0) is 60.4 Å².